The highest BCUT2D eigenvalue weighted by molar-refractivity contribution is 5.76. The lowest BCUT2D eigenvalue weighted by molar-refractivity contribution is -0.122. The number of carbonyl (C=O) groups is 2. The number of nitrogens with zero attached hydrogens (tertiary/aromatic N) is 4. The van der Waals surface area contributed by atoms with E-state index in [2.05, 4.69) is 20.7 Å². The second kappa shape index (κ2) is 8.84. The van der Waals surface area contributed by atoms with Crippen LogP contribution < -0.4 is 10.6 Å². The third-order valence-corrected chi connectivity index (χ3v) is 4.39. The Kier molecular flexibility index (Phi) is 6.77. The summed E-state index contributed by atoms with van der Waals surface area (Å²) in [7, 11) is 0. The molecule has 2 N–H and O–H groups in total. The van der Waals surface area contributed by atoms with Gasteiger partial charge in [0, 0.05) is 6.54 Å². The Hall–Kier alpha value is -2.63. The van der Waals surface area contributed by atoms with E-state index in [0.717, 1.165) is 38.5 Å². The van der Waals surface area contributed by atoms with E-state index in [1.807, 2.05) is 26.8 Å². The molecule has 0 radical (unpaired) electrons. The van der Waals surface area contributed by atoms with E-state index in [1.165, 1.54) is 11.0 Å². The fraction of sp³-hybridized carbons (Fsp3) is 0.722. The molecule has 0 bridgehead atoms. The molecule has 1 aliphatic rings. The number of nitrogens with one attached hydrogen (secondary N) is 2. The molecule has 0 atom stereocenters. The average Bonchev–Trinajstić information content (AvgIpc) is 2.89. The Labute approximate surface area is 159 Å². The highest BCUT2D eigenvalue weighted by Crippen LogP contribution is 2.27. The van der Waals surface area contributed by atoms with E-state index in [1.54, 1.807) is 0 Å². The van der Waals surface area contributed by atoms with Gasteiger partial charge in [0.25, 0.3) is 5.82 Å². The number of hydrogen-bond acceptors (Lipinski definition) is 6. The van der Waals surface area contributed by atoms with Gasteiger partial charge in [-0.1, -0.05) is 25.7 Å². The lowest BCUT2D eigenvalue weighted by Gasteiger charge is -2.35. The Balaban J connectivity index is 1.97. The largest absolute Gasteiger partial charge is 0.444 e. The van der Waals surface area contributed by atoms with Crippen LogP contribution in [0, 0.1) is 11.3 Å². The predicted octanol–water partition coefficient (Wildman–Crippen LogP) is 1.88. The first kappa shape index (κ1) is 20.7. The molecule has 2 amide bonds. The first-order valence-electron chi connectivity index (χ1n) is 9.29. The maximum absolute atomic E-state index is 12.3. The van der Waals surface area contributed by atoms with Crippen LogP contribution in [0.15, 0.2) is 6.33 Å². The molecule has 1 aromatic heterocycles. The van der Waals surface area contributed by atoms with Crippen molar-refractivity contribution in [2.45, 2.75) is 77.0 Å². The zero-order chi connectivity index (χ0) is 19.9. The van der Waals surface area contributed by atoms with Gasteiger partial charge < -0.3 is 15.4 Å². The Morgan fingerprint density at radius 1 is 1.30 bits per heavy atom. The van der Waals surface area contributed by atoms with E-state index < -0.39 is 17.2 Å². The minimum atomic E-state index is -0.579. The summed E-state index contributed by atoms with van der Waals surface area (Å²) in [5.41, 5.74) is -1.10. The second-order valence-electron chi connectivity index (χ2n) is 7.98. The zero-order valence-electron chi connectivity index (χ0n) is 16.2. The molecular formula is C18H28N6O3. The number of carbonyl (C=O) groups excluding carboxylic acids is 2. The first-order valence-corrected chi connectivity index (χ1v) is 9.29. The molecule has 27 heavy (non-hydrogen) atoms. The number of ether oxygens (including phenoxy) is 1. The molecular weight excluding hydrogens is 348 g/mol. The minimum absolute atomic E-state index is 0.0228. The van der Waals surface area contributed by atoms with Crippen LogP contribution in [-0.2, 0) is 16.1 Å². The third kappa shape index (κ3) is 6.89. The average molecular weight is 376 g/mol. The summed E-state index contributed by atoms with van der Waals surface area (Å²) in [4.78, 5) is 28.4. The maximum atomic E-state index is 12.3. The predicted molar refractivity (Wildman–Crippen MR) is 97.5 cm³/mol. The highest BCUT2D eigenvalue weighted by atomic mass is 16.6. The van der Waals surface area contributed by atoms with Crippen molar-refractivity contribution in [3.63, 3.8) is 0 Å². The number of amides is 2. The molecule has 9 heteroatoms. The van der Waals surface area contributed by atoms with Gasteiger partial charge in [0.15, 0.2) is 0 Å². The molecule has 0 unspecified atom stereocenters. The first-order chi connectivity index (χ1) is 12.7. The highest BCUT2D eigenvalue weighted by Gasteiger charge is 2.34. The van der Waals surface area contributed by atoms with Crippen LogP contribution in [0.4, 0.5) is 4.79 Å². The van der Waals surface area contributed by atoms with Crippen molar-refractivity contribution in [3.8, 4) is 6.07 Å². The topological polar surface area (TPSA) is 122 Å². The summed E-state index contributed by atoms with van der Waals surface area (Å²) in [5.74, 6) is -0.228. The normalized spacial score (nSPS) is 16.7. The van der Waals surface area contributed by atoms with Crippen LogP contribution in [-0.4, -0.2) is 44.4 Å². The molecule has 0 aliphatic heterocycles. The SMILES string of the molecule is CC(C)(C)OC(=O)NC1(CNC(=O)Cn2cnc(C#N)n2)CCCCCC1. The van der Waals surface area contributed by atoms with Gasteiger partial charge in [-0.25, -0.2) is 14.5 Å². The van der Waals surface area contributed by atoms with Crippen LogP contribution >= 0.6 is 0 Å². The van der Waals surface area contributed by atoms with Crippen LogP contribution in [0.1, 0.15) is 65.1 Å². The number of alkyl carbamates (subject to hydrolysis) is 1. The molecule has 1 saturated carbocycles. The van der Waals surface area contributed by atoms with Crippen LogP contribution in [0.5, 0.6) is 0 Å². The minimum Gasteiger partial charge on any atom is -0.444 e. The maximum Gasteiger partial charge on any atom is 0.408 e. The van der Waals surface area contributed by atoms with E-state index >= 15 is 0 Å². The van der Waals surface area contributed by atoms with Crippen molar-refractivity contribution in [1.29, 1.82) is 5.26 Å². The third-order valence-electron chi connectivity index (χ3n) is 4.39. The number of rotatable bonds is 5. The molecule has 1 aromatic rings. The van der Waals surface area contributed by atoms with E-state index in [0.29, 0.717) is 6.54 Å². The summed E-state index contributed by atoms with van der Waals surface area (Å²) in [5, 5.41) is 18.5. The fourth-order valence-corrected chi connectivity index (χ4v) is 3.16. The molecule has 0 spiro atoms. The van der Waals surface area contributed by atoms with Crippen molar-refractivity contribution in [2.24, 2.45) is 0 Å². The lowest BCUT2D eigenvalue weighted by atomic mass is 9.90. The summed E-state index contributed by atoms with van der Waals surface area (Å²) in [6.07, 6.45) is 6.65. The van der Waals surface area contributed by atoms with Gasteiger partial charge in [-0.3, -0.25) is 4.79 Å². The summed E-state index contributed by atoms with van der Waals surface area (Å²) < 4.78 is 6.72. The molecule has 1 aliphatic carbocycles. The standard InChI is InChI=1S/C18H28N6O3/c1-17(2,3)27-16(26)22-18(8-6-4-5-7-9-18)12-20-15(25)11-24-13-21-14(10-19)23-24/h13H,4-9,11-12H2,1-3H3,(H,20,25)(H,22,26). The van der Waals surface area contributed by atoms with E-state index in [-0.39, 0.29) is 18.3 Å². The van der Waals surface area contributed by atoms with Crippen LogP contribution in [0.25, 0.3) is 0 Å². The van der Waals surface area contributed by atoms with E-state index in [4.69, 9.17) is 10.00 Å². The Morgan fingerprint density at radius 3 is 2.52 bits per heavy atom. The summed E-state index contributed by atoms with van der Waals surface area (Å²) in [6, 6.07) is 1.82. The Morgan fingerprint density at radius 2 is 1.96 bits per heavy atom. The van der Waals surface area contributed by atoms with Gasteiger partial charge in [-0.2, -0.15) is 5.26 Å². The van der Waals surface area contributed by atoms with Crippen molar-refractivity contribution in [1.82, 2.24) is 25.4 Å². The van der Waals surface area contributed by atoms with Gasteiger partial charge in [-0.05, 0) is 33.6 Å². The molecule has 2 rings (SSSR count). The van der Waals surface area contributed by atoms with Crippen molar-refractivity contribution >= 4 is 12.0 Å². The summed E-state index contributed by atoms with van der Waals surface area (Å²) >= 11 is 0. The molecule has 0 saturated heterocycles. The van der Waals surface area contributed by atoms with Crippen LogP contribution in [0.2, 0.25) is 0 Å². The van der Waals surface area contributed by atoms with E-state index in [9.17, 15) is 9.59 Å². The molecule has 0 aromatic carbocycles. The summed E-state index contributed by atoms with van der Waals surface area (Å²) in [6.45, 7) is 5.76. The smallest absolute Gasteiger partial charge is 0.408 e. The fourth-order valence-electron chi connectivity index (χ4n) is 3.16. The van der Waals surface area contributed by atoms with Gasteiger partial charge in [-0.15, -0.1) is 5.10 Å². The van der Waals surface area contributed by atoms with Gasteiger partial charge in [0.05, 0.1) is 5.54 Å². The second-order valence-corrected chi connectivity index (χ2v) is 7.98. The molecule has 9 nitrogen and oxygen atoms in total. The van der Waals surface area contributed by atoms with Crippen molar-refractivity contribution < 1.29 is 14.3 Å². The van der Waals surface area contributed by atoms with Crippen molar-refractivity contribution in [2.75, 3.05) is 6.54 Å². The number of nitriles is 1. The number of hydrogen-bond donors (Lipinski definition) is 2. The monoisotopic (exact) mass is 376 g/mol. The lowest BCUT2D eigenvalue weighted by Crippen LogP contribution is -2.56. The zero-order valence-corrected chi connectivity index (χ0v) is 16.2. The molecule has 148 valence electrons. The van der Waals surface area contributed by atoms with Gasteiger partial charge in [0.1, 0.15) is 24.5 Å². The molecule has 1 fully saturated rings. The number of aromatic nitrogens is 3. The van der Waals surface area contributed by atoms with Crippen molar-refractivity contribution in [3.05, 3.63) is 12.2 Å². The van der Waals surface area contributed by atoms with Crippen LogP contribution in [0.3, 0.4) is 0 Å². The quantitative estimate of drug-likeness (QED) is 0.757. The van der Waals surface area contributed by atoms with Gasteiger partial charge in [0.2, 0.25) is 5.91 Å². The Bertz CT molecular complexity index is 693. The molecule has 1 heterocycles. The van der Waals surface area contributed by atoms with Gasteiger partial charge >= 0.3 is 6.09 Å².